The van der Waals surface area contributed by atoms with Crippen molar-refractivity contribution in [1.29, 1.82) is 5.26 Å². The van der Waals surface area contributed by atoms with Crippen LogP contribution in [0.5, 0.6) is 5.75 Å². The van der Waals surface area contributed by atoms with Crippen LogP contribution in [0.3, 0.4) is 0 Å². The van der Waals surface area contributed by atoms with E-state index in [0.717, 1.165) is 12.8 Å². The van der Waals surface area contributed by atoms with E-state index < -0.39 is 6.09 Å². The Balaban J connectivity index is 2.02. The molecule has 1 aromatic rings. The minimum atomic E-state index is -0.581. The van der Waals surface area contributed by atoms with E-state index in [1.807, 2.05) is 18.2 Å². The van der Waals surface area contributed by atoms with Gasteiger partial charge in [-0.3, -0.25) is 0 Å². The maximum absolute atomic E-state index is 11.3. The van der Waals surface area contributed by atoms with Crippen molar-refractivity contribution in [3.8, 4) is 11.8 Å². The Hall–Kier alpha value is -2.02. The summed E-state index contributed by atoms with van der Waals surface area (Å²) in [6.45, 7) is -0.0379. The van der Waals surface area contributed by atoms with Crippen LogP contribution in [0.25, 0.3) is 0 Å². The third-order valence-electron chi connectivity index (χ3n) is 2.84. The second-order valence-corrected chi connectivity index (χ2v) is 4.04. The molecule has 17 heavy (non-hydrogen) atoms. The predicted octanol–water partition coefficient (Wildman–Crippen LogP) is 2.18. The van der Waals surface area contributed by atoms with Gasteiger partial charge >= 0.3 is 6.09 Å². The quantitative estimate of drug-likeness (QED) is 0.792. The monoisotopic (exact) mass is 230 g/mol. The van der Waals surface area contributed by atoms with E-state index in [0.29, 0.717) is 5.75 Å². The van der Waals surface area contributed by atoms with E-state index in [1.165, 1.54) is 24.0 Å². The van der Waals surface area contributed by atoms with Crippen molar-refractivity contribution in [2.45, 2.75) is 25.7 Å². The van der Waals surface area contributed by atoms with Crippen LogP contribution in [0.1, 0.15) is 24.0 Å². The fourth-order valence-corrected chi connectivity index (χ4v) is 2.03. The lowest BCUT2D eigenvalue weighted by Gasteiger charge is -2.16. The molecule has 1 amide bonds. The lowest BCUT2D eigenvalue weighted by molar-refractivity contribution is 0.202. The first-order valence-electron chi connectivity index (χ1n) is 5.74. The molecule has 0 bridgehead atoms. The third kappa shape index (κ3) is 2.97. The summed E-state index contributed by atoms with van der Waals surface area (Å²) in [6.07, 6.45) is 4.00. The number of hydrogen-bond donors (Lipinski definition) is 1. The van der Waals surface area contributed by atoms with E-state index in [-0.39, 0.29) is 6.54 Å². The van der Waals surface area contributed by atoms with Gasteiger partial charge in [0.2, 0.25) is 0 Å². The van der Waals surface area contributed by atoms with Gasteiger partial charge in [-0.2, -0.15) is 5.26 Å². The smallest absolute Gasteiger partial charge is 0.410 e. The van der Waals surface area contributed by atoms with Gasteiger partial charge in [-0.05, 0) is 48.9 Å². The highest BCUT2D eigenvalue weighted by molar-refractivity contribution is 5.70. The summed E-state index contributed by atoms with van der Waals surface area (Å²) in [4.78, 5) is 11.3. The lowest BCUT2D eigenvalue weighted by atomic mass is 9.92. The second kappa shape index (κ2) is 5.35. The van der Waals surface area contributed by atoms with Crippen LogP contribution < -0.4 is 10.1 Å². The van der Waals surface area contributed by atoms with Gasteiger partial charge in [0.15, 0.2) is 0 Å². The Morgan fingerprint density at radius 1 is 1.35 bits per heavy atom. The molecule has 88 valence electrons. The number of nitriles is 1. The van der Waals surface area contributed by atoms with Crippen LogP contribution in [-0.2, 0) is 12.8 Å². The number of carbonyl (C=O) groups is 1. The summed E-state index contributed by atoms with van der Waals surface area (Å²) < 4.78 is 5.08. The van der Waals surface area contributed by atoms with Gasteiger partial charge in [-0.25, -0.2) is 4.79 Å². The van der Waals surface area contributed by atoms with Crippen molar-refractivity contribution >= 4 is 6.09 Å². The van der Waals surface area contributed by atoms with Gasteiger partial charge in [-0.15, -0.1) is 0 Å². The van der Waals surface area contributed by atoms with Crippen molar-refractivity contribution in [2.24, 2.45) is 0 Å². The topological polar surface area (TPSA) is 62.1 Å². The molecule has 0 unspecified atom stereocenters. The summed E-state index contributed by atoms with van der Waals surface area (Å²) in [6, 6.07) is 7.56. The van der Waals surface area contributed by atoms with E-state index in [2.05, 4.69) is 5.32 Å². The molecule has 0 saturated heterocycles. The largest absolute Gasteiger partial charge is 0.413 e. The molecule has 4 nitrogen and oxygen atoms in total. The summed E-state index contributed by atoms with van der Waals surface area (Å²) in [5, 5.41) is 10.7. The van der Waals surface area contributed by atoms with Crippen LogP contribution in [-0.4, -0.2) is 12.6 Å². The number of aryl methyl sites for hydroxylation is 2. The molecule has 4 heteroatoms. The molecular formula is C13H14N2O2. The summed E-state index contributed by atoms with van der Waals surface area (Å²) in [5.74, 6) is 0.543. The van der Waals surface area contributed by atoms with E-state index in [9.17, 15) is 4.79 Å². The molecule has 0 atom stereocenters. The molecule has 1 aliphatic rings. The lowest BCUT2D eigenvalue weighted by Crippen LogP contribution is -2.27. The molecule has 0 radical (unpaired) electrons. The molecule has 1 N–H and O–H groups in total. The maximum atomic E-state index is 11.3. The summed E-state index contributed by atoms with van der Waals surface area (Å²) >= 11 is 0. The fourth-order valence-electron chi connectivity index (χ4n) is 2.03. The number of rotatable bonds is 2. The number of benzene rings is 1. The highest BCUT2D eigenvalue weighted by Crippen LogP contribution is 2.25. The number of hydrogen-bond acceptors (Lipinski definition) is 3. The Morgan fingerprint density at radius 2 is 2.12 bits per heavy atom. The number of fused-ring (bicyclic) bond motifs is 1. The van der Waals surface area contributed by atoms with E-state index in [4.69, 9.17) is 10.00 Å². The van der Waals surface area contributed by atoms with Gasteiger partial charge < -0.3 is 10.1 Å². The van der Waals surface area contributed by atoms with E-state index in [1.54, 1.807) is 6.07 Å². The van der Waals surface area contributed by atoms with Crippen LogP contribution >= 0.6 is 0 Å². The molecule has 1 aliphatic carbocycles. The van der Waals surface area contributed by atoms with Gasteiger partial charge in [0.05, 0.1) is 6.07 Å². The molecular weight excluding hydrogens is 216 g/mol. The molecule has 0 fully saturated rings. The average molecular weight is 230 g/mol. The van der Waals surface area contributed by atoms with Crippen LogP contribution in [0.4, 0.5) is 4.79 Å². The Bertz CT molecular complexity index is 463. The zero-order valence-electron chi connectivity index (χ0n) is 9.53. The zero-order valence-corrected chi connectivity index (χ0v) is 9.53. The van der Waals surface area contributed by atoms with Gasteiger partial charge in [0, 0.05) is 0 Å². The SMILES string of the molecule is N#CCNC(=O)Oc1ccc2c(c1)CCCC2. The van der Waals surface area contributed by atoms with Gasteiger partial charge in [-0.1, -0.05) is 6.07 Å². The normalized spacial score (nSPS) is 13.4. The van der Waals surface area contributed by atoms with Crippen molar-refractivity contribution in [1.82, 2.24) is 5.32 Å². The van der Waals surface area contributed by atoms with Gasteiger partial charge in [0.25, 0.3) is 0 Å². The first-order chi connectivity index (χ1) is 8.29. The molecule has 2 rings (SSSR count). The molecule has 0 aromatic heterocycles. The standard InChI is InChI=1S/C13H14N2O2/c14-7-8-15-13(16)17-12-6-5-10-3-1-2-4-11(10)9-12/h5-6,9H,1-4,8H2,(H,15,16). The average Bonchev–Trinajstić information content (AvgIpc) is 2.36. The van der Waals surface area contributed by atoms with Crippen LogP contribution in [0.15, 0.2) is 18.2 Å². The highest BCUT2D eigenvalue weighted by atomic mass is 16.5. The molecule has 0 saturated carbocycles. The highest BCUT2D eigenvalue weighted by Gasteiger charge is 2.11. The predicted molar refractivity (Wildman–Crippen MR) is 62.7 cm³/mol. The van der Waals surface area contributed by atoms with Crippen molar-refractivity contribution < 1.29 is 9.53 Å². The van der Waals surface area contributed by atoms with Crippen LogP contribution in [0.2, 0.25) is 0 Å². The molecule has 0 aliphatic heterocycles. The molecule has 0 spiro atoms. The van der Waals surface area contributed by atoms with Crippen molar-refractivity contribution in [2.75, 3.05) is 6.54 Å². The molecule has 0 heterocycles. The van der Waals surface area contributed by atoms with Crippen molar-refractivity contribution in [3.63, 3.8) is 0 Å². The number of nitrogens with zero attached hydrogens (tertiary/aromatic N) is 1. The summed E-state index contributed by atoms with van der Waals surface area (Å²) in [7, 11) is 0. The third-order valence-corrected chi connectivity index (χ3v) is 2.84. The Labute approximate surface area is 100 Å². The number of ether oxygens (including phenoxy) is 1. The number of carbonyl (C=O) groups excluding carboxylic acids is 1. The Kier molecular flexibility index (Phi) is 3.61. The zero-order chi connectivity index (χ0) is 12.1. The second-order valence-electron chi connectivity index (χ2n) is 4.04. The molecule has 1 aromatic carbocycles. The van der Waals surface area contributed by atoms with Gasteiger partial charge in [0.1, 0.15) is 12.3 Å². The number of nitrogens with one attached hydrogen (secondary N) is 1. The van der Waals surface area contributed by atoms with Crippen LogP contribution in [0, 0.1) is 11.3 Å². The maximum Gasteiger partial charge on any atom is 0.413 e. The minimum Gasteiger partial charge on any atom is -0.410 e. The fraction of sp³-hybridized carbons (Fsp3) is 0.385. The first kappa shape index (κ1) is 11.5. The number of amides is 1. The summed E-state index contributed by atoms with van der Waals surface area (Å²) in [5.41, 5.74) is 2.61. The Morgan fingerprint density at radius 3 is 2.88 bits per heavy atom. The first-order valence-corrected chi connectivity index (χ1v) is 5.74. The van der Waals surface area contributed by atoms with E-state index >= 15 is 0 Å². The minimum absolute atomic E-state index is 0.0379. The van der Waals surface area contributed by atoms with Crippen molar-refractivity contribution in [3.05, 3.63) is 29.3 Å².